The maximum atomic E-state index is 13.6. The Morgan fingerprint density at radius 2 is 1.75 bits per heavy atom. The minimum atomic E-state index is -0.679. The van der Waals surface area contributed by atoms with Crippen LogP contribution in [-0.4, -0.2) is 78.1 Å². The van der Waals surface area contributed by atoms with E-state index in [-0.39, 0.29) is 18.4 Å². The van der Waals surface area contributed by atoms with Crippen molar-refractivity contribution in [2.24, 2.45) is 0 Å². The van der Waals surface area contributed by atoms with E-state index >= 15 is 0 Å². The van der Waals surface area contributed by atoms with Gasteiger partial charge in [0.25, 0.3) is 5.91 Å². The second-order valence-corrected chi connectivity index (χ2v) is 8.52. The molecular formula is C21H28ClN3O3. The fraction of sp³-hybridized carbons (Fsp3) is 0.619. The van der Waals surface area contributed by atoms with Crippen LogP contribution in [0.25, 0.3) is 0 Å². The third kappa shape index (κ3) is 3.53. The van der Waals surface area contributed by atoms with Crippen molar-refractivity contribution in [3.8, 4) is 0 Å². The van der Waals surface area contributed by atoms with E-state index in [2.05, 4.69) is 11.9 Å². The van der Waals surface area contributed by atoms with Crippen LogP contribution in [0.4, 0.5) is 0 Å². The molecule has 0 unspecified atom stereocenters. The molecule has 3 aliphatic rings. The van der Waals surface area contributed by atoms with Crippen molar-refractivity contribution in [2.45, 2.75) is 43.9 Å². The molecule has 0 N–H and O–H groups in total. The second kappa shape index (κ2) is 8.01. The lowest BCUT2D eigenvalue weighted by Crippen LogP contribution is -2.59. The summed E-state index contributed by atoms with van der Waals surface area (Å²) in [5.41, 5.74) is -0.239. The Balaban J connectivity index is 1.64. The SMILES string of the molecule is CN1CCN(C(=O)[C@H]2COC3(CCCCC3)N2C(=O)c2ccccc2Cl)CC1. The fourth-order valence-corrected chi connectivity index (χ4v) is 4.88. The number of ether oxygens (including phenoxy) is 1. The lowest BCUT2D eigenvalue weighted by Gasteiger charge is -2.42. The van der Waals surface area contributed by atoms with E-state index in [0.29, 0.717) is 23.7 Å². The van der Waals surface area contributed by atoms with Gasteiger partial charge in [-0.1, -0.05) is 30.2 Å². The van der Waals surface area contributed by atoms with Gasteiger partial charge in [0.2, 0.25) is 5.91 Å². The average Bonchev–Trinajstić information content (AvgIpc) is 3.06. The Morgan fingerprint density at radius 3 is 2.43 bits per heavy atom. The van der Waals surface area contributed by atoms with Gasteiger partial charge in [-0.15, -0.1) is 0 Å². The Hall–Kier alpha value is -1.63. The van der Waals surface area contributed by atoms with Gasteiger partial charge in [-0.05, 0) is 44.9 Å². The van der Waals surface area contributed by atoms with Crippen LogP contribution in [0.1, 0.15) is 42.5 Å². The first-order valence-corrected chi connectivity index (χ1v) is 10.6. The Kier molecular flexibility index (Phi) is 5.63. The van der Waals surface area contributed by atoms with E-state index in [1.165, 1.54) is 0 Å². The average molecular weight is 406 g/mol. The first-order chi connectivity index (χ1) is 13.5. The number of carbonyl (C=O) groups excluding carboxylic acids is 2. The third-order valence-corrected chi connectivity index (χ3v) is 6.65. The molecule has 28 heavy (non-hydrogen) atoms. The lowest BCUT2D eigenvalue weighted by molar-refractivity contribution is -0.138. The molecule has 7 heteroatoms. The maximum absolute atomic E-state index is 13.6. The van der Waals surface area contributed by atoms with Crippen molar-refractivity contribution in [2.75, 3.05) is 39.8 Å². The minimum Gasteiger partial charge on any atom is -0.353 e. The summed E-state index contributed by atoms with van der Waals surface area (Å²) in [4.78, 5) is 32.8. The molecule has 4 rings (SSSR count). The monoisotopic (exact) mass is 405 g/mol. The smallest absolute Gasteiger partial charge is 0.258 e. The lowest BCUT2D eigenvalue weighted by atomic mass is 9.89. The van der Waals surface area contributed by atoms with Gasteiger partial charge in [0.05, 0.1) is 17.2 Å². The van der Waals surface area contributed by atoms with Gasteiger partial charge >= 0.3 is 0 Å². The zero-order valence-electron chi connectivity index (χ0n) is 16.4. The molecule has 1 spiro atoms. The topological polar surface area (TPSA) is 53.1 Å². The number of amides is 2. The van der Waals surface area contributed by atoms with E-state index in [4.69, 9.17) is 16.3 Å². The van der Waals surface area contributed by atoms with Crippen molar-refractivity contribution in [1.82, 2.24) is 14.7 Å². The molecule has 6 nitrogen and oxygen atoms in total. The van der Waals surface area contributed by atoms with Gasteiger partial charge in [-0.2, -0.15) is 0 Å². The molecule has 1 saturated carbocycles. The van der Waals surface area contributed by atoms with Crippen LogP contribution in [0.15, 0.2) is 24.3 Å². The summed E-state index contributed by atoms with van der Waals surface area (Å²) in [7, 11) is 2.06. The number of benzene rings is 1. The highest BCUT2D eigenvalue weighted by molar-refractivity contribution is 6.33. The Bertz CT molecular complexity index is 742. The molecule has 0 radical (unpaired) electrons. The van der Waals surface area contributed by atoms with Crippen molar-refractivity contribution >= 4 is 23.4 Å². The molecule has 3 fully saturated rings. The van der Waals surface area contributed by atoms with Gasteiger partial charge in [0.1, 0.15) is 11.8 Å². The first-order valence-electron chi connectivity index (χ1n) is 10.2. The van der Waals surface area contributed by atoms with Crippen molar-refractivity contribution in [1.29, 1.82) is 0 Å². The number of likely N-dealkylation sites (N-methyl/N-ethyl adjacent to an activating group) is 1. The van der Waals surface area contributed by atoms with E-state index in [0.717, 1.165) is 45.2 Å². The van der Waals surface area contributed by atoms with E-state index in [9.17, 15) is 9.59 Å². The molecule has 2 saturated heterocycles. The number of rotatable bonds is 2. The number of hydrogen-bond donors (Lipinski definition) is 0. The van der Waals surface area contributed by atoms with Crippen LogP contribution in [0.5, 0.6) is 0 Å². The van der Waals surface area contributed by atoms with Crippen molar-refractivity contribution in [3.63, 3.8) is 0 Å². The highest BCUT2D eigenvalue weighted by Crippen LogP contribution is 2.42. The second-order valence-electron chi connectivity index (χ2n) is 8.12. The fourth-order valence-electron chi connectivity index (χ4n) is 4.66. The van der Waals surface area contributed by atoms with Crippen LogP contribution in [0.2, 0.25) is 5.02 Å². The molecule has 0 aromatic heterocycles. The number of piperazine rings is 1. The molecule has 2 aliphatic heterocycles. The van der Waals surface area contributed by atoms with E-state index < -0.39 is 11.8 Å². The third-order valence-electron chi connectivity index (χ3n) is 6.32. The van der Waals surface area contributed by atoms with Crippen LogP contribution < -0.4 is 0 Å². The summed E-state index contributed by atoms with van der Waals surface area (Å²) in [6, 6.07) is 6.49. The number of nitrogens with zero attached hydrogens (tertiary/aromatic N) is 3. The maximum Gasteiger partial charge on any atom is 0.258 e. The highest BCUT2D eigenvalue weighted by Gasteiger charge is 2.53. The molecule has 1 aliphatic carbocycles. The van der Waals surface area contributed by atoms with Crippen molar-refractivity contribution < 1.29 is 14.3 Å². The Morgan fingerprint density at radius 1 is 1.07 bits per heavy atom. The molecule has 152 valence electrons. The molecule has 2 amide bonds. The summed E-state index contributed by atoms with van der Waals surface area (Å²) < 4.78 is 6.23. The van der Waals surface area contributed by atoms with Gasteiger partial charge < -0.3 is 14.5 Å². The zero-order chi connectivity index (χ0) is 19.7. The van der Waals surface area contributed by atoms with Gasteiger partial charge in [-0.3, -0.25) is 14.5 Å². The zero-order valence-corrected chi connectivity index (χ0v) is 17.2. The standard InChI is InChI=1S/C21H28ClN3O3/c1-23-11-13-24(14-12-23)20(27)18-15-28-21(9-5-2-6-10-21)25(18)19(26)16-7-3-4-8-17(16)22/h3-4,7-8,18H,2,5-6,9-15H2,1H3/t18-/m1/s1. The number of carbonyl (C=O) groups is 2. The van der Waals surface area contributed by atoms with Crippen LogP contribution >= 0.6 is 11.6 Å². The predicted octanol–water partition coefficient (Wildman–Crippen LogP) is 2.62. The quantitative estimate of drug-likeness (QED) is 0.759. The molecule has 1 atom stereocenters. The first kappa shape index (κ1) is 19.7. The largest absolute Gasteiger partial charge is 0.353 e. The highest BCUT2D eigenvalue weighted by atomic mass is 35.5. The van der Waals surface area contributed by atoms with Crippen LogP contribution in [0.3, 0.4) is 0 Å². The summed E-state index contributed by atoms with van der Waals surface area (Å²) in [5, 5.41) is 0.413. The summed E-state index contributed by atoms with van der Waals surface area (Å²) in [5.74, 6) is -0.201. The normalized spacial score (nSPS) is 25.3. The minimum absolute atomic E-state index is 0.00375. The van der Waals surface area contributed by atoms with Gasteiger partial charge in [0.15, 0.2) is 0 Å². The number of hydrogen-bond acceptors (Lipinski definition) is 4. The van der Waals surface area contributed by atoms with Crippen molar-refractivity contribution in [3.05, 3.63) is 34.9 Å². The van der Waals surface area contributed by atoms with E-state index in [1.807, 2.05) is 11.0 Å². The van der Waals surface area contributed by atoms with E-state index in [1.54, 1.807) is 23.1 Å². The molecule has 1 aromatic carbocycles. The van der Waals surface area contributed by atoms with Crippen LogP contribution in [0, 0.1) is 0 Å². The molecule has 2 heterocycles. The number of halogens is 1. The van der Waals surface area contributed by atoms with Gasteiger partial charge in [-0.25, -0.2) is 0 Å². The predicted molar refractivity (Wildman–Crippen MR) is 107 cm³/mol. The molecule has 0 bridgehead atoms. The van der Waals surface area contributed by atoms with Crippen LogP contribution in [-0.2, 0) is 9.53 Å². The van der Waals surface area contributed by atoms with Gasteiger partial charge in [0, 0.05) is 26.2 Å². The summed E-state index contributed by atoms with van der Waals surface area (Å²) in [6.45, 7) is 3.34. The summed E-state index contributed by atoms with van der Waals surface area (Å²) >= 11 is 6.33. The Labute approximate surface area is 171 Å². The molecule has 1 aromatic rings. The molecular weight excluding hydrogens is 378 g/mol. The summed E-state index contributed by atoms with van der Waals surface area (Å²) in [6.07, 6.45) is 4.69.